The van der Waals surface area contributed by atoms with E-state index < -0.39 is 0 Å². The van der Waals surface area contributed by atoms with E-state index in [9.17, 15) is 0 Å². The van der Waals surface area contributed by atoms with Crippen LogP contribution in [0, 0.1) is 0 Å². The fourth-order valence-electron chi connectivity index (χ4n) is 0.857. The number of hydrogen-bond donors (Lipinski definition) is 2. The van der Waals surface area contributed by atoms with E-state index in [1.165, 1.54) is 0 Å². The van der Waals surface area contributed by atoms with Crippen molar-refractivity contribution in [3.8, 4) is 0 Å². The molecule has 11 heavy (non-hydrogen) atoms. The van der Waals surface area contributed by atoms with E-state index in [1.54, 1.807) is 6.20 Å². The Bertz CT molecular complexity index is 234. The van der Waals surface area contributed by atoms with Gasteiger partial charge in [-0.15, -0.1) is 0 Å². The molecule has 4 heteroatoms. The maximum absolute atomic E-state index is 5.57. The van der Waals surface area contributed by atoms with Gasteiger partial charge >= 0.3 is 0 Å². The summed E-state index contributed by atoms with van der Waals surface area (Å²) >= 11 is 0. The Morgan fingerprint density at radius 1 is 1.64 bits per heavy atom. The second-order valence-electron chi connectivity index (χ2n) is 2.59. The molecule has 1 aromatic rings. The Kier molecular flexibility index (Phi) is 2.38. The van der Waals surface area contributed by atoms with Gasteiger partial charge in [-0.2, -0.15) is 0 Å². The van der Waals surface area contributed by atoms with Gasteiger partial charge in [0.25, 0.3) is 0 Å². The zero-order chi connectivity index (χ0) is 8.27. The van der Waals surface area contributed by atoms with E-state index in [-0.39, 0.29) is 6.04 Å². The number of rotatable bonds is 2. The normalized spacial score (nSPS) is 12.9. The molecule has 1 heterocycles. The first-order chi connectivity index (χ1) is 5.18. The molecule has 0 amide bonds. The van der Waals surface area contributed by atoms with Crippen LogP contribution >= 0.6 is 0 Å². The minimum absolute atomic E-state index is 0.115. The summed E-state index contributed by atoms with van der Waals surface area (Å²) in [5.41, 5.74) is 11.8. The summed E-state index contributed by atoms with van der Waals surface area (Å²) in [6.45, 7) is 1.93. The summed E-state index contributed by atoms with van der Waals surface area (Å²) in [5.74, 6) is 0.308. The second kappa shape index (κ2) is 3.30. The summed E-state index contributed by atoms with van der Waals surface area (Å²) in [6, 6.07) is 1.93. The molecule has 60 valence electrons. The number of nitrogen functional groups attached to an aromatic ring is 1. The summed E-state index contributed by atoms with van der Waals surface area (Å²) in [4.78, 5) is 7.77. The van der Waals surface area contributed by atoms with Crippen molar-refractivity contribution < 1.29 is 0 Å². The molecule has 0 aliphatic carbocycles. The molecule has 1 rings (SSSR count). The maximum atomic E-state index is 5.57. The standard InChI is InChI=1S/C7H12N4/c1-5(8)4-6-2-3-10-7(9)11-6/h2-3,5H,4,8H2,1H3,(H2,9,10,11). The molecule has 0 aromatic carbocycles. The lowest BCUT2D eigenvalue weighted by atomic mass is 10.2. The molecule has 0 radical (unpaired) electrons. The van der Waals surface area contributed by atoms with E-state index >= 15 is 0 Å². The first-order valence-electron chi connectivity index (χ1n) is 3.51. The number of aromatic nitrogens is 2. The van der Waals surface area contributed by atoms with Crippen molar-refractivity contribution in [2.45, 2.75) is 19.4 Å². The predicted molar refractivity (Wildman–Crippen MR) is 43.8 cm³/mol. The highest BCUT2D eigenvalue weighted by Crippen LogP contribution is 1.98. The molecule has 0 fully saturated rings. The van der Waals surface area contributed by atoms with E-state index in [1.807, 2.05) is 13.0 Å². The van der Waals surface area contributed by atoms with Crippen LogP contribution in [-0.4, -0.2) is 16.0 Å². The number of nitrogens with two attached hydrogens (primary N) is 2. The van der Waals surface area contributed by atoms with Crippen LogP contribution in [0.1, 0.15) is 12.6 Å². The molecule has 0 saturated heterocycles. The number of nitrogens with zero attached hydrogens (tertiary/aromatic N) is 2. The highest BCUT2D eigenvalue weighted by atomic mass is 15.0. The molecule has 0 spiro atoms. The van der Waals surface area contributed by atoms with Crippen molar-refractivity contribution in [3.63, 3.8) is 0 Å². The molecule has 4 N–H and O–H groups in total. The minimum Gasteiger partial charge on any atom is -0.368 e. The third-order valence-electron chi connectivity index (χ3n) is 1.26. The fourth-order valence-corrected chi connectivity index (χ4v) is 0.857. The van der Waals surface area contributed by atoms with Gasteiger partial charge in [-0.3, -0.25) is 0 Å². The van der Waals surface area contributed by atoms with E-state index in [0.717, 1.165) is 12.1 Å². The van der Waals surface area contributed by atoms with Crippen LogP contribution in [0.5, 0.6) is 0 Å². The average molecular weight is 152 g/mol. The lowest BCUT2D eigenvalue weighted by Gasteiger charge is -2.03. The van der Waals surface area contributed by atoms with Crippen molar-refractivity contribution >= 4 is 5.95 Å². The molecule has 0 bridgehead atoms. The fraction of sp³-hybridized carbons (Fsp3) is 0.429. The quantitative estimate of drug-likeness (QED) is 0.622. The lowest BCUT2D eigenvalue weighted by molar-refractivity contribution is 0.721. The van der Waals surface area contributed by atoms with Crippen LogP contribution in [0.25, 0.3) is 0 Å². The smallest absolute Gasteiger partial charge is 0.220 e. The van der Waals surface area contributed by atoms with Gasteiger partial charge in [0.2, 0.25) is 5.95 Å². The summed E-state index contributed by atoms with van der Waals surface area (Å²) in [6.07, 6.45) is 2.38. The summed E-state index contributed by atoms with van der Waals surface area (Å²) in [7, 11) is 0. The van der Waals surface area contributed by atoms with Crippen LogP contribution in [-0.2, 0) is 6.42 Å². The van der Waals surface area contributed by atoms with Gasteiger partial charge in [0, 0.05) is 24.4 Å². The van der Waals surface area contributed by atoms with Gasteiger partial charge in [-0.05, 0) is 13.0 Å². The molecule has 0 aliphatic rings. The zero-order valence-corrected chi connectivity index (χ0v) is 6.49. The van der Waals surface area contributed by atoms with Crippen molar-refractivity contribution in [1.82, 2.24) is 9.97 Å². The van der Waals surface area contributed by atoms with E-state index in [4.69, 9.17) is 11.5 Å². The Labute approximate surface area is 65.6 Å². The molecule has 1 atom stereocenters. The van der Waals surface area contributed by atoms with Gasteiger partial charge < -0.3 is 11.5 Å². The van der Waals surface area contributed by atoms with Gasteiger partial charge in [-0.25, -0.2) is 9.97 Å². The van der Waals surface area contributed by atoms with Crippen molar-refractivity contribution in [1.29, 1.82) is 0 Å². The van der Waals surface area contributed by atoms with Crippen molar-refractivity contribution in [2.75, 3.05) is 5.73 Å². The SMILES string of the molecule is CC(N)Cc1ccnc(N)n1. The molecule has 1 aromatic heterocycles. The Morgan fingerprint density at radius 3 is 2.91 bits per heavy atom. The molecule has 0 saturated carbocycles. The zero-order valence-electron chi connectivity index (χ0n) is 6.49. The highest BCUT2D eigenvalue weighted by molar-refractivity contribution is 5.17. The monoisotopic (exact) mass is 152 g/mol. The van der Waals surface area contributed by atoms with Crippen LogP contribution in [0.4, 0.5) is 5.95 Å². The molecular formula is C7H12N4. The third-order valence-corrected chi connectivity index (χ3v) is 1.26. The van der Waals surface area contributed by atoms with Crippen molar-refractivity contribution in [2.24, 2.45) is 5.73 Å². The summed E-state index contributed by atoms with van der Waals surface area (Å²) < 4.78 is 0. The second-order valence-corrected chi connectivity index (χ2v) is 2.59. The lowest BCUT2D eigenvalue weighted by Crippen LogP contribution is -2.18. The summed E-state index contributed by atoms with van der Waals surface area (Å²) in [5, 5.41) is 0. The highest BCUT2D eigenvalue weighted by Gasteiger charge is 1.98. The third kappa shape index (κ3) is 2.51. The van der Waals surface area contributed by atoms with Crippen LogP contribution in [0.2, 0.25) is 0 Å². The first-order valence-corrected chi connectivity index (χ1v) is 3.51. The van der Waals surface area contributed by atoms with Crippen molar-refractivity contribution in [3.05, 3.63) is 18.0 Å². The Hall–Kier alpha value is -1.16. The largest absolute Gasteiger partial charge is 0.368 e. The Balaban J connectivity index is 2.71. The van der Waals surface area contributed by atoms with Crippen LogP contribution < -0.4 is 11.5 Å². The van der Waals surface area contributed by atoms with E-state index in [2.05, 4.69) is 9.97 Å². The molecular weight excluding hydrogens is 140 g/mol. The minimum atomic E-state index is 0.115. The van der Waals surface area contributed by atoms with Crippen LogP contribution in [0.3, 0.4) is 0 Å². The topological polar surface area (TPSA) is 77.8 Å². The van der Waals surface area contributed by atoms with Gasteiger partial charge in [0.1, 0.15) is 0 Å². The first kappa shape index (κ1) is 7.94. The van der Waals surface area contributed by atoms with Gasteiger partial charge in [-0.1, -0.05) is 0 Å². The maximum Gasteiger partial charge on any atom is 0.220 e. The molecule has 4 nitrogen and oxygen atoms in total. The number of anilines is 1. The van der Waals surface area contributed by atoms with Gasteiger partial charge in [0.05, 0.1) is 0 Å². The van der Waals surface area contributed by atoms with Crippen LogP contribution in [0.15, 0.2) is 12.3 Å². The molecule has 1 unspecified atom stereocenters. The number of hydrogen-bond acceptors (Lipinski definition) is 4. The van der Waals surface area contributed by atoms with Gasteiger partial charge in [0.15, 0.2) is 0 Å². The van der Waals surface area contributed by atoms with E-state index in [0.29, 0.717) is 5.95 Å². The molecule has 0 aliphatic heterocycles. The Morgan fingerprint density at radius 2 is 2.36 bits per heavy atom. The average Bonchev–Trinajstić information content (AvgIpc) is 1.85. The predicted octanol–water partition coefficient (Wildman–Crippen LogP) is -0.0515.